The first-order valence-electron chi connectivity index (χ1n) is 9.42. The van der Waals surface area contributed by atoms with Crippen LogP contribution in [0, 0.1) is 11.6 Å². The summed E-state index contributed by atoms with van der Waals surface area (Å²) in [4.78, 5) is 15.7. The van der Waals surface area contributed by atoms with Crippen molar-refractivity contribution < 1.29 is 8.78 Å². The zero-order valence-corrected chi connectivity index (χ0v) is 15.5. The van der Waals surface area contributed by atoms with Gasteiger partial charge in [-0.15, -0.1) is 0 Å². The molecule has 4 heterocycles. The molecular formula is C21H18F2N6. The molecule has 1 aliphatic heterocycles. The first-order chi connectivity index (χ1) is 14.2. The van der Waals surface area contributed by atoms with E-state index in [4.69, 9.17) is 4.98 Å². The maximum atomic E-state index is 14.6. The van der Waals surface area contributed by atoms with E-state index in [2.05, 4.69) is 20.2 Å². The predicted octanol–water partition coefficient (Wildman–Crippen LogP) is 3.17. The molecule has 0 amide bonds. The van der Waals surface area contributed by atoms with E-state index in [1.54, 1.807) is 29.1 Å². The molecule has 8 heteroatoms. The minimum atomic E-state index is -0.542. The Kier molecular flexibility index (Phi) is 4.40. The lowest BCUT2D eigenvalue weighted by molar-refractivity contribution is 0.585. The molecule has 0 atom stereocenters. The van der Waals surface area contributed by atoms with Crippen molar-refractivity contribution in [2.24, 2.45) is 0 Å². The van der Waals surface area contributed by atoms with E-state index in [0.29, 0.717) is 17.0 Å². The molecule has 1 aromatic carbocycles. The van der Waals surface area contributed by atoms with Crippen molar-refractivity contribution in [1.82, 2.24) is 24.8 Å². The minimum Gasteiger partial charge on any atom is -0.354 e. The highest BCUT2D eigenvalue weighted by atomic mass is 19.1. The molecule has 5 rings (SSSR count). The molecule has 1 saturated heterocycles. The molecule has 0 saturated carbocycles. The first kappa shape index (κ1) is 17.7. The third kappa shape index (κ3) is 3.21. The molecule has 29 heavy (non-hydrogen) atoms. The van der Waals surface area contributed by atoms with Crippen LogP contribution < -0.4 is 10.2 Å². The second-order valence-corrected chi connectivity index (χ2v) is 6.85. The van der Waals surface area contributed by atoms with Crippen molar-refractivity contribution in [3.63, 3.8) is 0 Å². The van der Waals surface area contributed by atoms with Crippen molar-refractivity contribution >= 4 is 17.0 Å². The number of anilines is 1. The average molecular weight is 392 g/mol. The van der Waals surface area contributed by atoms with Crippen molar-refractivity contribution in [1.29, 1.82) is 0 Å². The molecule has 0 radical (unpaired) electrons. The number of piperazine rings is 1. The Labute approximate surface area is 165 Å². The number of hydrogen-bond donors (Lipinski definition) is 1. The van der Waals surface area contributed by atoms with Crippen LogP contribution in [0.3, 0.4) is 0 Å². The van der Waals surface area contributed by atoms with Crippen LogP contribution in [0.25, 0.3) is 28.2 Å². The average Bonchev–Trinajstić information content (AvgIpc) is 3.15. The van der Waals surface area contributed by atoms with Gasteiger partial charge in [0.1, 0.15) is 28.8 Å². The zero-order valence-electron chi connectivity index (χ0n) is 15.5. The molecule has 0 bridgehead atoms. The highest BCUT2D eigenvalue weighted by Gasteiger charge is 2.20. The molecule has 1 aliphatic rings. The lowest BCUT2D eigenvalue weighted by atomic mass is 10.2. The van der Waals surface area contributed by atoms with Gasteiger partial charge in [0, 0.05) is 38.6 Å². The van der Waals surface area contributed by atoms with Crippen LogP contribution in [-0.4, -0.2) is 45.7 Å². The number of hydrogen-bond acceptors (Lipinski definition) is 5. The summed E-state index contributed by atoms with van der Waals surface area (Å²) in [6.07, 6.45) is 3.29. The van der Waals surface area contributed by atoms with E-state index in [9.17, 15) is 8.78 Å². The highest BCUT2D eigenvalue weighted by molar-refractivity contribution is 5.81. The van der Waals surface area contributed by atoms with Crippen molar-refractivity contribution in [2.45, 2.75) is 0 Å². The highest BCUT2D eigenvalue weighted by Crippen LogP contribution is 2.31. The number of halogens is 2. The molecule has 1 fully saturated rings. The molecule has 6 nitrogen and oxygen atoms in total. The molecule has 0 aliphatic carbocycles. The SMILES string of the molecule is Fc1ccc(F)c(-c2nc3ccc(N4CCNCC4)nc3n2-c2ccncc2)c1. The summed E-state index contributed by atoms with van der Waals surface area (Å²) in [7, 11) is 0. The van der Waals surface area contributed by atoms with Crippen LogP contribution in [0.1, 0.15) is 0 Å². The van der Waals surface area contributed by atoms with Gasteiger partial charge in [-0.1, -0.05) is 0 Å². The van der Waals surface area contributed by atoms with E-state index in [1.807, 2.05) is 12.1 Å². The lowest BCUT2D eigenvalue weighted by Gasteiger charge is -2.28. The normalized spacial score (nSPS) is 14.5. The summed E-state index contributed by atoms with van der Waals surface area (Å²) >= 11 is 0. The van der Waals surface area contributed by atoms with Crippen LogP contribution in [0.15, 0.2) is 54.9 Å². The Morgan fingerprint density at radius 1 is 0.897 bits per heavy atom. The summed E-state index contributed by atoms with van der Waals surface area (Å²) in [5.41, 5.74) is 2.01. The van der Waals surface area contributed by atoms with E-state index >= 15 is 0 Å². The van der Waals surface area contributed by atoms with Crippen molar-refractivity contribution in [3.05, 3.63) is 66.5 Å². The standard InChI is InChI=1S/C21H18F2N6/c22-14-1-2-17(23)16(13-14)20-26-18-3-4-19(28-11-9-25-10-12-28)27-21(18)29(20)15-5-7-24-8-6-15/h1-8,13,25H,9-12H2. The van der Waals surface area contributed by atoms with Crippen molar-refractivity contribution in [3.8, 4) is 17.1 Å². The second-order valence-electron chi connectivity index (χ2n) is 6.85. The summed E-state index contributed by atoms with van der Waals surface area (Å²) in [6, 6.07) is 10.7. The van der Waals surface area contributed by atoms with Gasteiger partial charge >= 0.3 is 0 Å². The number of imidazole rings is 1. The molecular weight excluding hydrogens is 374 g/mol. The molecule has 0 unspecified atom stereocenters. The quantitative estimate of drug-likeness (QED) is 0.580. The predicted molar refractivity (Wildman–Crippen MR) is 107 cm³/mol. The van der Waals surface area contributed by atoms with Gasteiger partial charge in [0.2, 0.25) is 0 Å². The fraction of sp³-hybridized carbons (Fsp3) is 0.190. The van der Waals surface area contributed by atoms with Gasteiger partial charge in [0.05, 0.1) is 11.3 Å². The molecule has 0 spiro atoms. The van der Waals surface area contributed by atoms with Crippen LogP contribution >= 0.6 is 0 Å². The molecule has 146 valence electrons. The van der Waals surface area contributed by atoms with E-state index in [1.165, 1.54) is 0 Å². The van der Waals surface area contributed by atoms with Gasteiger partial charge in [-0.3, -0.25) is 9.55 Å². The van der Waals surface area contributed by atoms with Gasteiger partial charge in [0.25, 0.3) is 0 Å². The van der Waals surface area contributed by atoms with Gasteiger partial charge < -0.3 is 10.2 Å². The topological polar surface area (TPSA) is 58.9 Å². The summed E-state index contributed by atoms with van der Waals surface area (Å²) in [6.45, 7) is 3.49. The Bertz CT molecular complexity index is 1170. The third-order valence-electron chi connectivity index (χ3n) is 5.02. The van der Waals surface area contributed by atoms with Crippen LogP contribution in [-0.2, 0) is 0 Å². The summed E-state index contributed by atoms with van der Waals surface area (Å²) in [5.74, 6) is 0.0668. The molecule has 3 aromatic heterocycles. The number of aromatic nitrogens is 4. The largest absolute Gasteiger partial charge is 0.354 e. The van der Waals surface area contributed by atoms with Gasteiger partial charge in [0.15, 0.2) is 5.65 Å². The van der Waals surface area contributed by atoms with E-state index in [0.717, 1.165) is 55.9 Å². The van der Waals surface area contributed by atoms with E-state index < -0.39 is 11.6 Å². The van der Waals surface area contributed by atoms with Crippen LogP contribution in [0.2, 0.25) is 0 Å². The minimum absolute atomic E-state index is 0.0866. The second kappa shape index (κ2) is 7.21. The van der Waals surface area contributed by atoms with Gasteiger partial charge in [-0.25, -0.2) is 18.7 Å². The zero-order chi connectivity index (χ0) is 19.8. The third-order valence-corrected chi connectivity index (χ3v) is 5.02. The Balaban J connectivity index is 1.75. The maximum Gasteiger partial charge on any atom is 0.167 e. The van der Waals surface area contributed by atoms with Gasteiger partial charge in [-0.05, 0) is 42.5 Å². The van der Waals surface area contributed by atoms with Gasteiger partial charge in [-0.2, -0.15) is 0 Å². The Morgan fingerprint density at radius 2 is 1.69 bits per heavy atom. The van der Waals surface area contributed by atoms with Crippen LogP contribution in [0.5, 0.6) is 0 Å². The lowest BCUT2D eigenvalue weighted by Crippen LogP contribution is -2.43. The summed E-state index contributed by atoms with van der Waals surface area (Å²) in [5, 5.41) is 3.32. The number of nitrogens with one attached hydrogen (secondary N) is 1. The fourth-order valence-corrected chi connectivity index (χ4v) is 3.60. The van der Waals surface area contributed by atoms with Crippen LogP contribution in [0.4, 0.5) is 14.6 Å². The Morgan fingerprint density at radius 3 is 2.48 bits per heavy atom. The number of nitrogens with zero attached hydrogens (tertiary/aromatic N) is 5. The first-order valence-corrected chi connectivity index (χ1v) is 9.42. The monoisotopic (exact) mass is 392 g/mol. The Hall–Kier alpha value is -3.39. The van der Waals surface area contributed by atoms with E-state index in [-0.39, 0.29) is 5.56 Å². The fourth-order valence-electron chi connectivity index (χ4n) is 3.60. The number of rotatable bonds is 3. The molecule has 1 N–H and O–H groups in total. The smallest absolute Gasteiger partial charge is 0.167 e. The number of pyridine rings is 2. The number of benzene rings is 1. The number of fused-ring (bicyclic) bond motifs is 1. The summed E-state index contributed by atoms with van der Waals surface area (Å²) < 4.78 is 30.2. The molecule has 4 aromatic rings. The van der Waals surface area contributed by atoms with Crippen molar-refractivity contribution in [2.75, 3.05) is 31.1 Å². The maximum absolute atomic E-state index is 14.6.